The molecule has 10 heteroatoms. The highest BCUT2D eigenvalue weighted by Crippen LogP contribution is 2.37. The van der Waals surface area contributed by atoms with Crippen LogP contribution < -0.4 is 16.4 Å². The summed E-state index contributed by atoms with van der Waals surface area (Å²) in [7, 11) is 0. The van der Waals surface area contributed by atoms with E-state index in [4.69, 9.17) is 15.7 Å². The number of rotatable bonds is 4. The Morgan fingerprint density at radius 1 is 1.43 bits per heavy atom. The largest absolute Gasteiger partial charge is 0.350 e. The first kappa shape index (κ1) is 19.8. The molecule has 0 bridgehead atoms. The van der Waals surface area contributed by atoms with Gasteiger partial charge in [0.05, 0.1) is 12.2 Å². The van der Waals surface area contributed by atoms with E-state index in [0.29, 0.717) is 0 Å². The maximum atomic E-state index is 14.4. The lowest BCUT2D eigenvalue weighted by Crippen LogP contribution is -2.61. The van der Waals surface area contributed by atoms with Gasteiger partial charge in [-0.15, -0.1) is 0 Å². The fourth-order valence-corrected chi connectivity index (χ4v) is 2.95. The van der Waals surface area contributed by atoms with Gasteiger partial charge in [-0.2, -0.15) is 5.26 Å². The van der Waals surface area contributed by atoms with Gasteiger partial charge >= 0.3 is 0 Å². The lowest BCUT2D eigenvalue weighted by atomic mass is 9.85. The van der Waals surface area contributed by atoms with Crippen molar-refractivity contribution in [3.05, 3.63) is 59.2 Å². The number of aromatic nitrogens is 1. The van der Waals surface area contributed by atoms with Gasteiger partial charge in [-0.05, 0) is 36.8 Å². The molecule has 0 radical (unpaired) electrons. The molecule has 1 fully saturated rings. The number of nitriles is 1. The predicted molar refractivity (Wildman–Crippen MR) is 92.7 cm³/mol. The first-order valence-corrected chi connectivity index (χ1v) is 8.26. The van der Waals surface area contributed by atoms with Crippen molar-refractivity contribution in [3.8, 4) is 6.07 Å². The third-order valence-corrected chi connectivity index (χ3v) is 4.40. The van der Waals surface area contributed by atoms with E-state index >= 15 is 0 Å². The molecule has 146 valence electrons. The second-order valence-corrected chi connectivity index (χ2v) is 6.15. The van der Waals surface area contributed by atoms with Gasteiger partial charge in [0.25, 0.3) is 12.3 Å². The number of benzene rings is 1. The van der Waals surface area contributed by atoms with Crippen LogP contribution in [-0.4, -0.2) is 30.3 Å². The molecule has 2 atom stereocenters. The standard InChI is InChI=1S/C18H16F3N5O2/c19-13-3-2-11(25-15(27)14-4-1-10(8-22)9-24-14)7-12(13)18(16(20)21)5-6-28-17(23)26-18/h1-4,7,9,16-17,26H,5-6,23H2,(H,25,27)/t17?,18-/m0/s1. The summed E-state index contributed by atoms with van der Waals surface area (Å²) in [4.78, 5) is 16.2. The second kappa shape index (κ2) is 7.93. The van der Waals surface area contributed by atoms with E-state index in [9.17, 15) is 18.0 Å². The number of nitrogens with zero attached hydrogens (tertiary/aromatic N) is 2. The molecule has 1 aromatic carbocycles. The van der Waals surface area contributed by atoms with Crippen LogP contribution in [0.2, 0.25) is 0 Å². The Morgan fingerprint density at radius 3 is 2.82 bits per heavy atom. The van der Waals surface area contributed by atoms with E-state index in [1.165, 1.54) is 24.4 Å². The monoisotopic (exact) mass is 391 g/mol. The summed E-state index contributed by atoms with van der Waals surface area (Å²) in [6, 6.07) is 8.01. The van der Waals surface area contributed by atoms with Gasteiger partial charge in [-0.25, -0.2) is 18.2 Å². The quantitative estimate of drug-likeness (QED) is 0.735. The highest BCUT2D eigenvalue weighted by atomic mass is 19.3. The average molecular weight is 391 g/mol. The molecule has 3 rings (SSSR count). The topological polar surface area (TPSA) is 113 Å². The summed E-state index contributed by atoms with van der Waals surface area (Å²) in [5, 5.41) is 13.7. The molecule has 4 N–H and O–H groups in total. The van der Waals surface area contributed by atoms with Crippen LogP contribution in [0.3, 0.4) is 0 Å². The second-order valence-electron chi connectivity index (χ2n) is 6.15. The molecule has 1 amide bonds. The smallest absolute Gasteiger partial charge is 0.274 e. The zero-order valence-corrected chi connectivity index (χ0v) is 14.5. The molecule has 0 saturated carbocycles. The van der Waals surface area contributed by atoms with Crippen LogP contribution in [0.5, 0.6) is 0 Å². The van der Waals surface area contributed by atoms with Crippen molar-refractivity contribution in [3.63, 3.8) is 0 Å². The van der Waals surface area contributed by atoms with Gasteiger partial charge in [0.2, 0.25) is 0 Å². The Morgan fingerprint density at radius 2 is 2.21 bits per heavy atom. The molecule has 2 aromatic rings. The Balaban J connectivity index is 1.90. The summed E-state index contributed by atoms with van der Waals surface area (Å²) < 4.78 is 47.2. The number of ether oxygens (including phenoxy) is 1. The normalized spacial score (nSPS) is 21.9. The number of alkyl halides is 2. The van der Waals surface area contributed by atoms with Crippen LogP contribution in [0.1, 0.15) is 28.0 Å². The van der Waals surface area contributed by atoms with Crippen LogP contribution in [0, 0.1) is 17.1 Å². The number of carbonyl (C=O) groups is 1. The third-order valence-electron chi connectivity index (χ3n) is 4.40. The predicted octanol–water partition coefficient (Wildman–Crippen LogP) is 2.06. The van der Waals surface area contributed by atoms with Crippen molar-refractivity contribution in [2.75, 3.05) is 11.9 Å². The molecule has 28 heavy (non-hydrogen) atoms. The molecule has 0 spiro atoms. The van der Waals surface area contributed by atoms with Gasteiger partial charge in [0.1, 0.15) is 23.1 Å². The summed E-state index contributed by atoms with van der Waals surface area (Å²) >= 11 is 0. The number of nitrogens with two attached hydrogens (primary N) is 1. The van der Waals surface area contributed by atoms with Crippen molar-refractivity contribution in [2.24, 2.45) is 5.73 Å². The van der Waals surface area contributed by atoms with Gasteiger partial charge in [-0.1, -0.05) is 0 Å². The van der Waals surface area contributed by atoms with E-state index in [1.807, 2.05) is 6.07 Å². The fraction of sp³-hybridized carbons (Fsp3) is 0.278. The minimum absolute atomic E-state index is 0.0136. The molecular weight excluding hydrogens is 375 g/mol. The van der Waals surface area contributed by atoms with Crippen molar-refractivity contribution in [1.82, 2.24) is 10.3 Å². The molecule has 1 unspecified atom stereocenters. The van der Waals surface area contributed by atoms with Crippen LogP contribution in [0.15, 0.2) is 36.5 Å². The van der Waals surface area contributed by atoms with Gasteiger partial charge in [0, 0.05) is 17.4 Å². The summed E-state index contributed by atoms with van der Waals surface area (Å²) in [5.41, 5.74) is 3.59. The van der Waals surface area contributed by atoms with Gasteiger partial charge < -0.3 is 10.1 Å². The van der Waals surface area contributed by atoms with Gasteiger partial charge in [-0.3, -0.25) is 15.8 Å². The maximum absolute atomic E-state index is 14.4. The van der Waals surface area contributed by atoms with Crippen molar-refractivity contribution >= 4 is 11.6 Å². The molecule has 0 aliphatic carbocycles. The molecule has 1 aromatic heterocycles. The molecule has 1 saturated heterocycles. The highest BCUT2D eigenvalue weighted by Gasteiger charge is 2.47. The number of pyridine rings is 1. The lowest BCUT2D eigenvalue weighted by molar-refractivity contribution is -0.0998. The Hall–Kier alpha value is -3.00. The molecular formula is C18H16F3N5O2. The first-order chi connectivity index (χ1) is 13.4. The maximum Gasteiger partial charge on any atom is 0.274 e. The number of anilines is 1. The van der Waals surface area contributed by atoms with Crippen molar-refractivity contribution < 1.29 is 22.7 Å². The number of carbonyl (C=O) groups excluding carboxylic acids is 1. The summed E-state index contributed by atoms with van der Waals surface area (Å²) in [5.74, 6) is -1.50. The average Bonchev–Trinajstić information content (AvgIpc) is 2.69. The summed E-state index contributed by atoms with van der Waals surface area (Å²) in [6.45, 7) is -0.0797. The van der Waals surface area contributed by atoms with E-state index < -0.39 is 30.0 Å². The Bertz CT molecular complexity index is 916. The van der Waals surface area contributed by atoms with Crippen LogP contribution in [0.4, 0.5) is 18.9 Å². The Labute approximate surface area is 158 Å². The first-order valence-electron chi connectivity index (χ1n) is 8.26. The van der Waals surface area contributed by atoms with Gasteiger partial charge in [0.15, 0.2) is 6.35 Å². The molecule has 7 nitrogen and oxygen atoms in total. The van der Waals surface area contributed by atoms with E-state index in [2.05, 4.69) is 15.6 Å². The fourth-order valence-electron chi connectivity index (χ4n) is 2.95. The van der Waals surface area contributed by atoms with E-state index in [1.54, 1.807) is 0 Å². The van der Waals surface area contributed by atoms with Crippen LogP contribution >= 0.6 is 0 Å². The van der Waals surface area contributed by atoms with E-state index in [0.717, 1.165) is 12.1 Å². The number of hydrogen-bond acceptors (Lipinski definition) is 6. The minimum atomic E-state index is -2.97. The summed E-state index contributed by atoms with van der Waals surface area (Å²) in [6.07, 6.45) is -3.13. The zero-order chi connectivity index (χ0) is 20.3. The number of halogens is 3. The third kappa shape index (κ3) is 3.82. The lowest BCUT2D eigenvalue weighted by Gasteiger charge is -2.41. The zero-order valence-electron chi connectivity index (χ0n) is 14.5. The number of nitrogens with one attached hydrogen (secondary N) is 2. The van der Waals surface area contributed by atoms with Crippen molar-refractivity contribution in [2.45, 2.75) is 24.7 Å². The van der Waals surface area contributed by atoms with Crippen LogP contribution in [0.25, 0.3) is 0 Å². The van der Waals surface area contributed by atoms with Crippen LogP contribution in [-0.2, 0) is 10.3 Å². The SMILES string of the molecule is N#Cc1ccc(C(=O)Nc2ccc(F)c([C@]3(C(F)F)CCOC(N)N3)c2)nc1. The number of hydrogen-bond donors (Lipinski definition) is 3. The Kier molecular flexibility index (Phi) is 5.60. The number of amides is 1. The molecule has 1 aliphatic heterocycles. The van der Waals surface area contributed by atoms with E-state index in [-0.39, 0.29) is 35.5 Å². The minimum Gasteiger partial charge on any atom is -0.350 e. The molecule has 2 heterocycles. The molecule has 1 aliphatic rings. The highest BCUT2D eigenvalue weighted by molar-refractivity contribution is 6.02. The van der Waals surface area contributed by atoms with Crippen molar-refractivity contribution in [1.29, 1.82) is 5.26 Å².